The Labute approximate surface area is 288 Å². The molecular formula is C36H42F6N6S. The molecule has 2 saturated carbocycles. The van der Waals surface area contributed by atoms with Gasteiger partial charge in [0.25, 0.3) is 0 Å². The van der Waals surface area contributed by atoms with Gasteiger partial charge < -0.3 is 5.73 Å². The fourth-order valence-electron chi connectivity index (χ4n) is 9.30. The van der Waals surface area contributed by atoms with Crippen LogP contribution in [0.15, 0.2) is 36.9 Å². The van der Waals surface area contributed by atoms with Gasteiger partial charge in [0.05, 0.1) is 29.6 Å². The second-order valence-corrected chi connectivity index (χ2v) is 15.8. The number of nitrogens with two attached hydrogens (primary N) is 1. The highest BCUT2D eigenvalue weighted by molar-refractivity contribution is 7.80. The van der Waals surface area contributed by atoms with Gasteiger partial charge in [0.2, 0.25) is 0 Å². The van der Waals surface area contributed by atoms with E-state index in [2.05, 4.69) is 28.2 Å². The molecule has 0 amide bonds. The van der Waals surface area contributed by atoms with Gasteiger partial charge in [0.1, 0.15) is 0 Å². The van der Waals surface area contributed by atoms with E-state index < -0.39 is 36.3 Å². The number of hydrogen-bond acceptors (Lipinski definition) is 6. The van der Waals surface area contributed by atoms with E-state index in [1.54, 1.807) is 16.0 Å². The van der Waals surface area contributed by atoms with Crippen LogP contribution in [0.2, 0.25) is 0 Å². The number of thiocarbonyl (C=S) groups is 1. The maximum atomic E-state index is 12.9. The van der Waals surface area contributed by atoms with Crippen LogP contribution in [0.25, 0.3) is 0 Å². The van der Waals surface area contributed by atoms with E-state index >= 15 is 0 Å². The zero-order valence-corrected chi connectivity index (χ0v) is 28.1. The van der Waals surface area contributed by atoms with E-state index in [1.807, 2.05) is 18.6 Å². The zero-order chi connectivity index (χ0) is 34.8. The summed E-state index contributed by atoms with van der Waals surface area (Å²) in [6.07, 6.45) is 8.77. The van der Waals surface area contributed by atoms with E-state index in [4.69, 9.17) is 18.0 Å². The lowest BCUT2D eigenvalue weighted by Crippen LogP contribution is -2.56. The molecule has 4 aliphatic heterocycles. The molecule has 0 radical (unpaired) electrons. The predicted octanol–water partition coefficient (Wildman–Crippen LogP) is 7.58. The Hall–Kier alpha value is -2.82. The zero-order valence-electron chi connectivity index (χ0n) is 27.3. The summed E-state index contributed by atoms with van der Waals surface area (Å²) >= 11 is 5.43. The van der Waals surface area contributed by atoms with Crippen molar-refractivity contribution in [2.45, 2.75) is 136 Å². The first-order valence-electron chi connectivity index (χ1n) is 17.5. The molecule has 2 aromatic heterocycles. The lowest BCUT2D eigenvalue weighted by atomic mass is 9.70. The highest BCUT2D eigenvalue weighted by Crippen LogP contribution is 2.51. The van der Waals surface area contributed by atoms with Crippen molar-refractivity contribution in [3.8, 4) is 6.07 Å². The van der Waals surface area contributed by atoms with Gasteiger partial charge in [-0.2, -0.15) is 31.6 Å². The van der Waals surface area contributed by atoms with Gasteiger partial charge in [-0.15, -0.1) is 0 Å². The molecule has 6 nitrogen and oxygen atoms in total. The number of alkyl halides is 6. The van der Waals surface area contributed by atoms with Crippen molar-refractivity contribution in [3.05, 3.63) is 59.2 Å². The molecule has 49 heavy (non-hydrogen) atoms. The summed E-state index contributed by atoms with van der Waals surface area (Å²) in [4.78, 5) is 12.3. The van der Waals surface area contributed by atoms with Gasteiger partial charge >= 0.3 is 12.4 Å². The summed E-state index contributed by atoms with van der Waals surface area (Å²) < 4.78 is 77.3. The third kappa shape index (κ3) is 7.20. The molecule has 2 aromatic rings. The normalized spacial score (nSPS) is 33.1. The van der Waals surface area contributed by atoms with E-state index in [0.29, 0.717) is 42.5 Å². The smallest absolute Gasteiger partial charge is 0.393 e. The molecule has 2 unspecified atom stereocenters. The fraction of sp³-hybridized carbons (Fsp3) is 0.667. The third-order valence-corrected chi connectivity index (χ3v) is 12.4. The van der Waals surface area contributed by atoms with Gasteiger partial charge in [0, 0.05) is 54.4 Å². The van der Waals surface area contributed by atoms with Crippen LogP contribution in [-0.2, 0) is 10.8 Å². The Balaban J connectivity index is 0.000000154. The Kier molecular flexibility index (Phi) is 9.01. The number of rotatable bonds is 7. The molecule has 4 saturated heterocycles. The molecule has 6 fully saturated rings. The Morgan fingerprint density at radius 3 is 1.51 bits per heavy atom. The number of halogens is 6. The first-order chi connectivity index (χ1) is 23.2. The summed E-state index contributed by atoms with van der Waals surface area (Å²) in [5, 5.41) is 9.90. The summed E-state index contributed by atoms with van der Waals surface area (Å²) in [5.74, 6) is 1.12. The monoisotopic (exact) mass is 704 g/mol. The minimum absolute atomic E-state index is 0.119. The molecule has 2 N–H and O–H groups in total. The van der Waals surface area contributed by atoms with E-state index in [1.165, 1.54) is 24.0 Å². The van der Waals surface area contributed by atoms with Crippen LogP contribution in [0, 0.1) is 11.3 Å². The molecule has 13 heteroatoms. The van der Waals surface area contributed by atoms with Crippen molar-refractivity contribution in [2.24, 2.45) is 5.73 Å². The third-order valence-electron chi connectivity index (χ3n) is 12.0. The Bertz CT molecular complexity index is 1570. The van der Waals surface area contributed by atoms with Crippen LogP contribution in [-0.4, -0.2) is 74.4 Å². The molecule has 2 aliphatic carbocycles. The molecule has 0 aromatic carbocycles. The first-order valence-corrected chi connectivity index (χ1v) is 17.9. The van der Waals surface area contributed by atoms with Crippen molar-refractivity contribution in [1.82, 2.24) is 19.8 Å². The lowest BCUT2D eigenvalue weighted by Gasteiger charge is -2.46. The average molecular weight is 705 g/mol. The fourth-order valence-corrected chi connectivity index (χ4v) is 9.59. The van der Waals surface area contributed by atoms with Gasteiger partial charge in [0.15, 0.2) is 0 Å². The van der Waals surface area contributed by atoms with Crippen molar-refractivity contribution in [1.29, 1.82) is 5.26 Å². The second kappa shape index (κ2) is 12.7. The van der Waals surface area contributed by atoms with E-state index in [-0.39, 0.29) is 24.2 Å². The van der Waals surface area contributed by atoms with E-state index in [0.717, 1.165) is 49.7 Å². The molecule has 0 spiro atoms. The SMILES string of the molecule is N#CC1(c2cncc(C3CC3)c2)C[C@H]2CC[C@@H](C1)N2CC(F)(F)F.NC(=S)C1(c2cncc(C3CC3)c2)C[C@H]2CC[C@@H](C1)N2CC(F)(F)F. The van der Waals surface area contributed by atoms with Gasteiger partial charge in [-0.25, -0.2) is 0 Å². The number of pyridine rings is 2. The minimum atomic E-state index is -4.18. The summed E-state index contributed by atoms with van der Waals surface area (Å²) in [6, 6.07) is 6.12. The number of hydrogen-bond donors (Lipinski definition) is 1. The quantitative estimate of drug-likeness (QED) is 0.235. The number of nitrogens with zero attached hydrogens (tertiary/aromatic N) is 5. The van der Waals surface area contributed by atoms with Crippen LogP contribution < -0.4 is 5.73 Å². The molecule has 6 atom stereocenters. The Morgan fingerprint density at radius 2 is 1.12 bits per heavy atom. The van der Waals surface area contributed by atoms with Gasteiger partial charge in [-0.1, -0.05) is 24.4 Å². The molecular weight excluding hydrogens is 662 g/mol. The van der Waals surface area contributed by atoms with Crippen molar-refractivity contribution >= 4 is 17.2 Å². The maximum Gasteiger partial charge on any atom is 0.401 e. The van der Waals surface area contributed by atoms with E-state index in [9.17, 15) is 31.6 Å². The summed E-state index contributed by atoms with van der Waals surface area (Å²) in [6.45, 7) is -1.69. The largest absolute Gasteiger partial charge is 0.401 e. The molecule has 4 bridgehead atoms. The number of piperidine rings is 2. The maximum absolute atomic E-state index is 12.9. The van der Waals surface area contributed by atoms with Crippen molar-refractivity contribution in [2.75, 3.05) is 13.1 Å². The van der Waals surface area contributed by atoms with Gasteiger partial charge in [-0.05, 0) is 111 Å². The Morgan fingerprint density at radius 1 is 0.714 bits per heavy atom. The molecule has 6 aliphatic rings. The number of nitriles is 1. The minimum Gasteiger partial charge on any atom is -0.393 e. The molecule has 8 rings (SSSR count). The number of fused-ring (bicyclic) bond motifs is 4. The highest BCUT2D eigenvalue weighted by Gasteiger charge is 2.54. The second-order valence-electron chi connectivity index (χ2n) is 15.4. The number of aromatic nitrogens is 2. The van der Waals surface area contributed by atoms with Crippen LogP contribution >= 0.6 is 12.2 Å². The van der Waals surface area contributed by atoms with Crippen LogP contribution in [0.4, 0.5) is 26.3 Å². The summed E-state index contributed by atoms with van der Waals surface area (Å²) in [7, 11) is 0. The van der Waals surface area contributed by atoms with Crippen LogP contribution in [0.5, 0.6) is 0 Å². The van der Waals surface area contributed by atoms with Crippen molar-refractivity contribution in [3.63, 3.8) is 0 Å². The molecule has 264 valence electrons. The summed E-state index contributed by atoms with van der Waals surface area (Å²) in [5.41, 5.74) is 9.22. The topological polar surface area (TPSA) is 82.1 Å². The van der Waals surface area contributed by atoms with Crippen LogP contribution in [0.1, 0.15) is 111 Å². The lowest BCUT2D eigenvalue weighted by molar-refractivity contribution is -0.157. The first kappa shape index (κ1) is 34.6. The highest BCUT2D eigenvalue weighted by atomic mass is 32.1. The predicted molar refractivity (Wildman–Crippen MR) is 176 cm³/mol. The van der Waals surface area contributed by atoms with Crippen molar-refractivity contribution < 1.29 is 26.3 Å². The average Bonchev–Trinajstić information content (AvgIpc) is 3.97. The molecule has 6 heterocycles. The van der Waals surface area contributed by atoms with Crippen LogP contribution in [0.3, 0.4) is 0 Å². The standard InChI is InChI=1S/C18H22F3N3S.C18H20F3N3/c19-18(20,21)10-24-14-3-4-15(24)7-17(6-14,16(22)25)13-5-12(8-23-9-13)11-1-2-11;19-18(20,21)11-24-15-3-4-16(24)7-17(6-15,10-22)14-5-13(8-23-9-14)12-1-2-12/h5,8-9,11,14-15H,1-4,6-7,10H2,(H2,22,25);5,8-9,12,15-16H,1-4,6-7,11H2/t14-,15+,17?;15-,16+,17?. The van der Waals surface area contributed by atoms with Gasteiger partial charge in [-0.3, -0.25) is 19.8 Å².